The summed E-state index contributed by atoms with van der Waals surface area (Å²) in [6.07, 6.45) is 1.01. The largest absolute Gasteiger partial charge is 0.390 e. The van der Waals surface area contributed by atoms with Crippen molar-refractivity contribution in [3.63, 3.8) is 0 Å². The lowest BCUT2D eigenvalue weighted by molar-refractivity contribution is 0.0210. The predicted molar refractivity (Wildman–Crippen MR) is 40.2 cm³/mol. The van der Waals surface area contributed by atoms with Crippen molar-refractivity contribution >= 4 is 0 Å². The quantitative estimate of drug-likeness (QED) is 0.507. The minimum atomic E-state index is -0.561. The summed E-state index contributed by atoms with van der Waals surface area (Å²) in [6, 6.07) is 0. The minimum Gasteiger partial charge on any atom is -0.390 e. The number of aliphatic hydroxyl groups is 1. The van der Waals surface area contributed by atoms with Crippen molar-refractivity contribution in [3.8, 4) is 0 Å². The lowest BCUT2D eigenvalue weighted by Gasteiger charge is -2.24. The lowest BCUT2D eigenvalue weighted by atomic mass is 9.91. The molecule has 0 aromatic carbocycles. The van der Waals surface area contributed by atoms with E-state index in [9.17, 15) is 5.11 Å². The number of hydrogen-bond acceptors (Lipinski definition) is 3. The normalized spacial score (nSPS) is 29.4. The van der Waals surface area contributed by atoms with Crippen molar-refractivity contribution in [1.82, 2.24) is 5.01 Å². The number of rotatable bonds is 1. The van der Waals surface area contributed by atoms with Crippen molar-refractivity contribution in [2.24, 2.45) is 11.8 Å². The Morgan fingerprint density at radius 3 is 2.40 bits per heavy atom. The van der Waals surface area contributed by atoms with Crippen LogP contribution in [0.2, 0.25) is 0 Å². The molecule has 3 N–H and O–H groups in total. The fourth-order valence-corrected chi connectivity index (χ4v) is 1.36. The number of hydrazine groups is 1. The van der Waals surface area contributed by atoms with E-state index in [-0.39, 0.29) is 0 Å². The first-order valence-electron chi connectivity index (χ1n) is 3.72. The van der Waals surface area contributed by atoms with E-state index in [1.807, 2.05) is 13.8 Å². The van der Waals surface area contributed by atoms with Crippen LogP contribution in [0.3, 0.4) is 0 Å². The molecule has 0 bridgehead atoms. The maximum atomic E-state index is 9.55. The summed E-state index contributed by atoms with van der Waals surface area (Å²) in [4.78, 5) is 0. The van der Waals surface area contributed by atoms with Crippen LogP contribution in [0.25, 0.3) is 0 Å². The van der Waals surface area contributed by atoms with E-state index in [4.69, 9.17) is 5.84 Å². The third-order valence-electron chi connectivity index (χ3n) is 2.22. The van der Waals surface area contributed by atoms with Crippen LogP contribution < -0.4 is 5.84 Å². The first-order chi connectivity index (χ1) is 4.50. The third kappa shape index (κ3) is 1.68. The molecule has 0 aliphatic carbocycles. The number of hydrogen-bond donors (Lipinski definition) is 2. The zero-order chi connectivity index (χ0) is 7.78. The smallest absolute Gasteiger partial charge is 0.0633 e. The van der Waals surface area contributed by atoms with Gasteiger partial charge in [-0.15, -0.1) is 0 Å². The van der Waals surface area contributed by atoms with E-state index >= 15 is 0 Å². The average molecular weight is 144 g/mol. The van der Waals surface area contributed by atoms with Gasteiger partial charge in [-0.1, -0.05) is 0 Å². The first-order valence-corrected chi connectivity index (χ1v) is 3.72. The second-order valence-electron chi connectivity index (χ2n) is 3.63. The van der Waals surface area contributed by atoms with Crippen molar-refractivity contribution in [3.05, 3.63) is 0 Å². The first kappa shape index (κ1) is 7.98. The molecule has 1 unspecified atom stereocenters. The molecule has 60 valence electrons. The Morgan fingerprint density at radius 1 is 1.60 bits per heavy atom. The standard InChI is InChI=1S/C7H16N2O/c1-7(2,10)6-3-4-9(8)5-6/h6,10H,3-5,8H2,1-2H3. The van der Waals surface area contributed by atoms with Gasteiger partial charge in [0.15, 0.2) is 0 Å². The molecule has 1 rings (SSSR count). The maximum Gasteiger partial charge on any atom is 0.0633 e. The highest BCUT2D eigenvalue weighted by Crippen LogP contribution is 2.24. The zero-order valence-corrected chi connectivity index (χ0v) is 6.67. The molecule has 10 heavy (non-hydrogen) atoms. The molecule has 0 radical (unpaired) electrons. The summed E-state index contributed by atoms with van der Waals surface area (Å²) in [5, 5.41) is 11.3. The van der Waals surface area contributed by atoms with E-state index < -0.39 is 5.60 Å². The van der Waals surface area contributed by atoms with Crippen molar-refractivity contribution in [2.75, 3.05) is 13.1 Å². The molecule has 1 heterocycles. The van der Waals surface area contributed by atoms with Gasteiger partial charge < -0.3 is 5.11 Å². The van der Waals surface area contributed by atoms with Gasteiger partial charge in [-0.2, -0.15) is 0 Å². The second kappa shape index (κ2) is 2.49. The molecule has 0 aromatic rings. The summed E-state index contributed by atoms with van der Waals surface area (Å²) in [7, 11) is 0. The van der Waals surface area contributed by atoms with Gasteiger partial charge in [0.1, 0.15) is 0 Å². The SMILES string of the molecule is CC(C)(O)C1CCN(N)C1. The van der Waals surface area contributed by atoms with Crippen LogP contribution in [-0.2, 0) is 0 Å². The van der Waals surface area contributed by atoms with Gasteiger partial charge in [0.25, 0.3) is 0 Å². The Kier molecular flexibility index (Phi) is 1.99. The van der Waals surface area contributed by atoms with Gasteiger partial charge in [0, 0.05) is 19.0 Å². The van der Waals surface area contributed by atoms with Crippen LogP contribution in [-0.4, -0.2) is 28.8 Å². The summed E-state index contributed by atoms with van der Waals surface area (Å²) in [5.74, 6) is 5.89. The summed E-state index contributed by atoms with van der Waals surface area (Å²) < 4.78 is 0. The topological polar surface area (TPSA) is 49.5 Å². The zero-order valence-electron chi connectivity index (χ0n) is 6.67. The van der Waals surface area contributed by atoms with Crippen LogP contribution in [0, 0.1) is 5.92 Å². The average Bonchev–Trinajstić information content (AvgIpc) is 2.11. The van der Waals surface area contributed by atoms with Crippen LogP contribution in [0.1, 0.15) is 20.3 Å². The van der Waals surface area contributed by atoms with Crippen LogP contribution >= 0.6 is 0 Å². The molecule has 1 saturated heterocycles. The Hall–Kier alpha value is -0.120. The lowest BCUT2D eigenvalue weighted by Crippen LogP contribution is -2.35. The van der Waals surface area contributed by atoms with Crippen LogP contribution in [0.15, 0.2) is 0 Å². The van der Waals surface area contributed by atoms with Gasteiger partial charge in [0.2, 0.25) is 0 Å². The fourth-order valence-electron chi connectivity index (χ4n) is 1.36. The Morgan fingerprint density at radius 2 is 2.20 bits per heavy atom. The highest BCUT2D eigenvalue weighted by molar-refractivity contribution is 4.84. The van der Waals surface area contributed by atoms with E-state index in [1.54, 1.807) is 5.01 Å². The molecule has 0 aromatic heterocycles. The minimum absolute atomic E-state index is 0.345. The van der Waals surface area contributed by atoms with Crippen molar-refractivity contribution in [2.45, 2.75) is 25.9 Å². The van der Waals surface area contributed by atoms with E-state index in [1.165, 1.54) is 0 Å². The molecule has 1 aliphatic heterocycles. The number of nitrogens with two attached hydrogens (primary N) is 1. The molecular formula is C7H16N2O. The van der Waals surface area contributed by atoms with Crippen LogP contribution in [0.5, 0.6) is 0 Å². The molecular weight excluding hydrogens is 128 g/mol. The molecule has 0 spiro atoms. The Bertz CT molecular complexity index is 119. The van der Waals surface area contributed by atoms with Crippen molar-refractivity contribution in [1.29, 1.82) is 0 Å². The van der Waals surface area contributed by atoms with Gasteiger partial charge in [0.05, 0.1) is 5.60 Å². The highest BCUT2D eigenvalue weighted by Gasteiger charge is 2.31. The fraction of sp³-hybridized carbons (Fsp3) is 1.00. The van der Waals surface area contributed by atoms with Gasteiger partial charge in [-0.3, -0.25) is 5.84 Å². The van der Waals surface area contributed by atoms with Crippen LogP contribution in [0.4, 0.5) is 0 Å². The molecule has 3 heteroatoms. The van der Waals surface area contributed by atoms with Crippen molar-refractivity contribution < 1.29 is 5.11 Å². The van der Waals surface area contributed by atoms with Gasteiger partial charge >= 0.3 is 0 Å². The summed E-state index contributed by atoms with van der Waals surface area (Å²) >= 11 is 0. The van der Waals surface area contributed by atoms with Gasteiger partial charge in [-0.25, -0.2) is 5.01 Å². The summed E-state index contributed by atoms with van der Waals surface area (Å²) in [5.41, 5.74) is -0.561. The Labute approximate surface area is 61.8 Å². The number of nitrogens with zero attached hydrogens (tertiary/aromatic N) is 1. The van der Waals surface area contributed by atoms with E-state index in [2.05, 4.69) is 0 Å². The molecule has 3 nitrogen and oxygen atoms in total. The highest BCUT2D eigenvalue weighted by atomic mass is 16.3. The van der Waals surface area contributed by atoms with Gasteiger partial charge in [-0.05, 0) is 20.3 Å². The Balaban J connectivity index is 2.45. The molecule has 0 amide bonds. The monoisotopic (exact) mass is 144 g/mol. The molecule has 0 saturated carbocycles. The van der Waals surface area contributed by atoms with E-state index in [0.29, 0.717) is 5.92 Å². The molecule has 1 fully saturated rings. The summed E-state index contributed by atoms with van der Waals surface area (Å²) in [6.45, 7) is 5.42. The second-order valence-corrected chi connectivity index (χ2v) is 3.63. The predicted octanol–water partition coefficient (Wildman–Crippen LogP) is -0.0471. The third-order valence-corrected chi connectivity index (χ3v) is 2.22. The molecule has 1 atom stereocenters. The molecule has 1 aliphatic rings. The van der Waals surface area contributed by atoms with E-state index in [0.717, 1.165) is 19.5 Å². The maximum absolute atomic E-state index is 9.55.